The van der Waals surface area contributed by atoms with E-state index in [1.54, 1.807) is 23.3 Å². The van der Waals surface area contributed by atoms with Gasteiger partial charge in [-0.05, 0) is 45.0 Å². The lowest BCUT2D eigenvalue weighted by molar-refractivity contribution is 0.0941. The number of nitrogens with zero attached hydrogens (tertiary/aromatic N) is 6. The molecule has 1 fully saturated rings. The second-order valence-corrected chi connectivity index (χ2v) is 7.90. The van der Waals surface area contributed by atoms with Crippen molar-refractivity contribution in [3.05, 3.63) is 42.6 Å². The molecule has 0 atom stereocenters. The van der Waals surface area contributed by atoms with Crippen molar-refractivity contribution in [2.24, 2.45) is 13.0 Å². The summed E-state index contributed by atoms with van der Waals surface area (Å²) in [5.41, 5.74) is 3.41. The highest BCUT2D eigenvalue weighted by Gasteiger charge is 2.24. The average Bonchev–Trinajstić information content (AvgIpc) is 3.24. The molecule has 1 N–H and O–H groups in total. The fourth-order valence-electron chi connectivity index (χ4n) is 3.27. The van der Waals surface area contributed by atoms with Gasteiger partial charge in [-0.15, -0.1) is 0 Å². The van der Waals surface area contributed by atoms with Crippen LogP contribution in [0.2, 0.25) is 0 Å². The van der Waals surface area contributed by atoms with E-state index in [0.717, 1.165) is 29.9 Å². The Hall–Kier alpha value is -3.00. The molecule has 0 bridgehead atoms. The maximum atomic E-state index is 12.7. The molecule has 0 aromatic carbocycles. The van der Waals surface area contributed by atoms with Crippen LogP contribution in [0, 0.1) is 5.92 Å². The lowest BCUT2D eigenvalue weighted by atomic mass is 10.2. The fraction of sp³-hybridized carbons (Fsp3) is 0.429. The van der Waals surface area contributed by atoms with E-state index in [4.69, 9.17) is 0 Å². The molecule has 1 saturated carbocycles. The number of likely N-dealkylation sites (N-methyl/N-ethyl adjacent to an activating group) is 1. The van der Waals surface area contributed by atoms with E-state index >= 15 is 0 Å². The van der Waals surface area contributed by atoms with Gasteiger partial charge in [0.1, 0.15) is 11.4 Å². The van der Waals surface area contributed by atoms with Crippen molar-refractivity contribution in [1.82, 2.24) is 34.5 Å². The third-order valence-corrected chi connectivity index (χ3v) is 5.16. The van der Waals surface area contributed by atoms with E-state index < -0.39 is 0 Å². The summed E-state index contributed by atoms with van der Waals surface area (Å²) in [7, 11) is 5.86. The molecule has 4 rings (SSSR count). The number of aromatic nitrogens is 5. The zero-order valence-electron chi connectivity index (χ0n) is 17.2. The van der Waals surface area contributed by atoms with Crippen LogP contribution in [0.4, 0.5) is 0 Å². The zero-order chi connectivity index (χ0) is 20.4. The second-order valence-electron chi connectivity index (χ2n) is 7.90. The molecule has 8 heteroatoms. The first-order chi connectivity index (χ1) is 14.0. The Labute approximate surface area is 170 Å². The Morgan fingerprint density at radius 3 is 2.62 bits per heavy atom. The van der Waals surface area contributed by atoms with Gasteiger partial charge in [0.05, 0.1) is 0 Å². The number of amides is 1. The standard InChI is InChI=1S/C21H27N7O/c1-26(2)9-8-22-21(29)19-10-16(14-28(19)13-15-4-5-15)17-11-23-20(24-12-17)18-6-7-25-27(18)3/h6-7,10-12,14-15H,4-5,8-9,13H2,1-3H3,(H,22,29). The van der Waals surface area contributed by atoms with Gasteiger partial charge < -0.3 is 14.8 Å². The van der Waals surface area contributed by atoms with Gasteiger partial charge in [0, 0.05) is 62.6 Å². The highest BCUT2D eigenvalue weighted by Crippen LogP contribution is 2.32. The monoisotopic (exact) mass is 393 g/mol. The first kappa shape index (κ1) is 19.3. The Bertz CT molecular complexity index is 983. The van der Waals surface area contributed by atoms with Crippen molar-refractivity contribution < 1.29 is 4.79 Å². The SMILES string of the molecule is CN(C)CCNC(=O)c1cc(-c2cnc(-c3ccnn3C)nc2)cn1CC1CC1. The van der Waals surface area contributed by atoms with Gasteiger partial charge in [-0.25, -0.2) is 9.97 Å². The van der Waals surface area contributed by atoms with Crippen LogP contribution in [0.15, 0.2) is 36.9 Å². The van der Waals surface area contributed by atoms with Gasteiger partial charge in [-0.2, -0.15) is 5.10 Å². The van der Waals surface area contributed by atoms with Gasteiger partial charge in [0.25, 0.3) is 5.91 Å². The van der Waals surface area contributed by atoms with Crippen LogP contribution in [0.3, 0.4) is 0 Å². The van der Waals surface area contributed by atoms with Gasteiger partial charge in [-0.1, -0.05) is 0 Å². The van der Waals surface area contributed by atoms with Crippen molar-refractivity contribution in [2.45, 2.75) is 19.4 Å². The van der Waals surface area contributed by atoms with Crippen LogP contribution in [0.1, 0.15) is 23.3 Å². The fourth-order valence-corrected chi connectivity index (χ4v) is 3.27. The Balaban J connectivity index is 1.56. The van der Waals surface area contributed by atoms with Crippen LogP contribution in [-0.4, -0.2) is 62.3 Å². The van der Waals surface area contributed by atoms with Gasteiger partial charge in [0.2, 0.25) is 0 Å². The Morgan fingerprint density at radius 2 is 2.00 bits per heavy atom. The summed E-state index contributed by atoms with van der Waals surface area (Å²) in [4.78, 5) is 23.8. The highest BCUT2D eigenvalue weighted by atomic mass is 16.1. The number of nitrogens with one attached hydrogen (secondary N) is 1. The van der Waals surface area contributed by atoms with E-state index in [0.29, 0.717) is 24.0 Å². The molecule has 0 aliphatic heterocycles. The molecule has 152 valence electrons. The summed E-state index contributed by atoms with van der Waals surface area (Å²) in [6, 6.07) is 3.83. The van der Waals surface area contributed by atoms with Gasteiger partial charge in [-0.3, -0.25) is 9.48 Å². The highest BCUT2D eigenvalue weighted by molar-refractivity contribution is 5.94. The molecule has 1 aliphatic carbocycles. The van der Waals surface area contributed by atoms with E-state index in [1.807, 2.05) is 39.5 Å². The van der Waals surface area contributed by atoms with E-state index in [9.17, 15) is 4.79 Å². The minimum absolute atomic E-state index is 0.0360. The van der Waals surface area contributed by atoms with Gasteiger partial charge >= 0.3 is 0 Å². The van der Waals surface area contributed by atoms with E-state index in [1.165, 1.54) is 12.8 Å². The summed E-state index contributed by atoms with van der Waals surface area (Å²) in [6.07, 6.45) is 9.85. The van der Waals surface area contributed by atoms with Crippen molar-refractivity contribution in [3.63, 3.8) is 0 Å². The van der Waals surface area contributed by atoms with Gasteiger partial charge in [0.15, 0.2) is 5.82 Å². The zero-order valence-corrected chi connectivity index (χ0v) is 17.2. The van der Waals surface area contributed by atoms with Crippen LogP contribution < -0.4 is 5.32 Å². The molecule has 0 spiro atoms. The Morgan fingerprint density at radius 1 is 1.24 bits per heavy atom. The number of hydrogen-bond acceptors (Lipinski definition) is 5. The quantitative estimate of drug-likeness (QED) is 0.633. The first-order valence-electron chi connectivity index (χ1n) is 9.95. The largest absolute Gasteiger partial charge is 0.349 e. The molecular weight excluding hydrogens is 366 g/mol. The summed E-state index contributed by atoms with van der Waals surface area (Å²) in [6.45, 7) is 2.31. The molecule has 29 heavy (non-hydrogen) atoms. The molecule has 3 aromatic heterocycles. The minimum Gasteiger partial charge on any atom is -0.349 e. The number of hydrogen-bond donors (Lipinski definition) is 1. The summed E-state index contributed by atoms with van der Waals surface area (Å²) < 4.78 is 3.82. The van der Waals surface area contributed by atoms with Crippen molar-refractivity contribution in [1.29, 1.82) is 0 Å². The predicted octanol–water partition coefficient (Wildman–Crippen LogP) is 2.05. The lowest BCUT2D eigenvalue weighted by Crippen LogP contribution is -2.32. The van der Waals surface area contributed by atoms with Crippen molar-refractivity contribution >= 4 is 5.91 Å². The molecule has 0 radical (unpaired) electrons. The van der Waals surface area contributed by atoms with Crippen LogP contribution in [0.25, 0.3) is 22.6 Å². The molecule has 1 amide bonds. The van der Waals surface area contributed by atoms with Crippen LogP contribution in [0.5, 0.6) is 0 Å². The third-order valence-electron chi connectivity index (χ3n) is 5.16. The normalized spacial score (nSPS) is 13.8. The average molecular weight is 393 g/mol. The lowest BCUT2D eigenvalue weighted by Gasteiger charge is -2.12. The summed E-state index contributed by atoms with van der Waals surface area (Å²) >= 11 is 0. The summed E-state index contributed by atoms with van der Waals surface area (Å²) in [5.74, 6) is 1.27. The minimum atomic E-state index is -0.0360. The smallest absolute Gasteiger partial charge is 0.267 e. The van der Waals surface area contributed by atoms with Crippen molar-refractivity contribution in [3.8, 4) is 22.6 Å². The molecule has 1 aliphatic rings. The Kier molecular flexibility index (Phi) is 5.44. The van der Waals surface area contributed by atoms with Crippen molar-refractivity contribution in [2.75, 3.05) is 27.2 Å². The number of carbonyl (C=O) groups excluding carboxylic acids is 1. The predicted molar refractivity (Wildman–Crippen MR) is 111 cm³/mol. The van der Waals surface area contributed by atoms with Crippen LogP contribution >= 0.6 is 0 Å². The third kappa shape index (κ3) is 4.54. The maximum Gasteiger partial charge on any atom is 0.267 e. The topological polar surface area (TPSA) is 80.9 Å². The molecule has 0 saturated heterocycles. The number of carbonyl (C=O) groups is 1. The molecule has 8 nitrogen and oxygen atoms in total. The van der Waals surface area contributed by atoms with Crippen LogP contribution in [-0.2, 0) is 13.6 Å². The molecular formula is C21H27N7O. The second kappa shape index (κ2) is 8.16. The molecule has 3 heterocycles. The molecule has 3 aromatic rings. The number of rotatable bonds is 8. The maximum absolute atomic E-state index is 12.7. The van der Waals surface area contributed by atoms with E-state index in [-0.39, 0.29) is 5.91 Å². The van der Waals surface area contributed by atoms with E-state index in [2.05, 4.69) is 29.9 Å². The summed E-state index contributed by atoms with van der Waals surface area (Å²) in [5, 5.41) is 7.18. The number of aryl methyl sites for hydroxylation is 1. The first-order valence-corrected chi connectivity index (χ1v) is 9.95. The molecule has 0 unspecified atom stereocenters.